The Morgan fingerprint density at radius 3 is 2.81 bits per heavy atom. The van der Waals surface area contributed by atoms with Gasteiger partial charge in [-0.25, -0.2) is 4.98 Å². The Labute approximate surface area is 184 Å². The highest BCUT2D eigenvalue weighted by atomic mass is 32.2. The van der Waals surface area contributed by atoms with Gasteiger partial charge >= 0.3 is 0 Å². The first-order valence-electron chi connectivity index (χ1n) is 10.1. The molecule has 0 aliphatic carbocycles. The van der Waals surface area contributed by atoms with Crippen molar-refractivity contribution < 1.29 is 9.53 Å². The smallest absolute Gasteiger partial charge is 0.283 e. The second kappa shape index (κ2) is 10.7. The van der Waals surface area contributed by atoms with E-state index < -0.39 is 0 Å². The summed E-state index contributed by atoms with van der Waals surface area (Å²) in [6.07, 6.45) is 3.05. The summed E-state index contributed by atoms with van der Waals surface area (Å²) < 4.78 is 7.08. The molecule has 0 aliphatic rings. The summed E-state index contributed by atoms with van der Waals surface area (Å²) in [5, 5.41) is 9.22. The van der Waals surface area contributed by atoms with Gasteiger partial charge in [-0.3, -0.25) is 14.2 Å². The van der Waals surface area contributed by atoms with Gasteiger partial charge in [0.2, 0.25) is 5.91 Å². The molecule has 1 N–H and O–H groups in total. The second-order valence-corrected chi connectivity index (χ2v) is 7.94. The highest BCUT2D eigenvalue weighted by Gasteiger charge is 2.15. The van der Waals surface area contributed by atoms with Crippen LogP contribution in [0, 0.1) is 11.3 Å². The number of nitrogens with zero attached hydrogens (tertiary/aromatic N) is 4. The van der Waals surface area contributed by atoms with Crippen LogP contribution < -0.4 is 10.3 Å². The Morgan fingerprint density at radius 1 is 1.32 bits per heavy atom. The van der Waals surface area contributed by atoms with E-state index >= 15 is 0 Å². The standard InChI is InChI=1S/C22H25N5O3S/c1-3-30-17-9-7-16(8-10-17)27-21(29)20-18(11-13-24-20)25-22(27)31-15-4-6-19(28)26(2)14-5-12-23/h7-11,13,24H,3-6,14-15H2,1-2H3. The molecule has 0 saturated heterocycles. The predicted octanol–water partition coefficient (Wildman–Crippen LogP) is 3.36. The van der Waals surface area contributed by atoms with Gasteiger partial charge in [0, 0.05) is 32.0 Å². The first-order valence-corrected chi connectivity index (χ1v) is 11.1. The van der Waals surface area contributed by atoms with Crippen LogP contribution in [0.15, 0.2) is 46.5 Å². The van der Waals surface area contributed by atoms with Crippen molar-refractivity contribution in [1.29, 1.82) is 5.26 Å². The molecule has 1 aromatic carbocycles. The normalized spacial score (nSPS) is 10.7. The van der Waals surface area contributed by atoms with Gasteiger partial charge in [-0.1, -0.05) is 11.8 Å². The monoisotopic (exact) mass is 439 g/mol. The van der Waals surface area contributed by atoms with Gasteiger partial charge in [-0.2, -0.15) is 5.26 Å². The van der Waals surface area contributed by atoms with E-state index in [1.165, 1.54) is 11.8 Å². The zero-order chi connectivity index (χ0) is 22.2. The number of carbonyl (C=O) groups excluding carboxylic acids is 1. The van der Waals surface area contributed by atoms with Crippen LogP contribution >= 0.6 is 11.8 Å². The van der Waals surface area contributed by atoms with Crippen LogP contribution in [0.1, 0.15) is 26.2 Å². The van der Waals surface area contributed by atoms with Gasteiger partial charge in [0.25, 0.3) is 5.56 Å². The van der Waals surface area contributed by atoms with E-state index in [1.54, 1.807) is 28.8 Å². The average Bonchev–Trinajstić information content (AvgIpc) is 3.25. The number of H-pyrrole nitrogens is 1. The molecule has 0 unspecified atom stereocenters. The van der Waals surface area contributed by atoms with Crippen molar-refractivity contribution in [1.82, 2.24) is 19.4 Å². The molecule has 162 valence electrons. The molecule has 0 saturated carbocycles. The number of aromatic nitrogens is 3. The fourth-order valence-corrected chi connectivity index (χ4v) is 4.03. The lowest BCUT2D eigenvalue weighted by atomic mass is 10.3. The van der Waals surface area contributed by atoms with E-state index in [-0.39, 0.29) is 11.5 Å². The molecule has 0 spiro atoms. The number of aromatic amines is 1. The minimum atomic E-state index is -0.172. The number of ether oxygens (including phenoxy) is 1. The average molecular weight is 440 g/mol. The van der Waals surface area contributed by atoms with Crippen LogP contribution in [0.5, 0.6) is 5.75 Å². The maximum absolute atomic E-state index is 13.1. The fourth-order valence-electron chi connectivity index (χ4n) is 3.08. The van der Waals surface area contributed by atoms with Crippen molar-refractivity contribution in [2.75, 3.05) is 26.0 Å². The Bertz CT molecular complexity index is 1130. The fraction of sp³-hybridized carbons (Fsp3) is 0.364. The van der Waals surface area contributed by atoms with Gasteiger partial charge in [-0.05, 0) is 43.7 Å². The molecule has 3 rings (SSSR count). The molecule has 0 aliphatic heterocycles. The summed E-state index contributed by atoms with van der Waals surface area (Å²) in [7, 11) is 1.71. The van der Waals surface area contributed by atoms with Crippen LogP contribution in [0.25, 0.3) is 16.7 Å². The number of nitriles is 1. The number of rotatable bonds is 10. The van der Waals surface area contributed by atoms with Crippen LogP contribution in [-0.2, 0) is 4.79 Å². The van der Waals surface area contributed by atoms with E-state index in [0.29, 0.717) is 60.0 Å². The Hall–Kier alpha value is -3.25. The first-order chi connectivity index (χ1) is 15.0. The van der Waals surface area contributed by atoms with Gasteiger partial charge in [0.15, 0.2) is 5.16 Å². The first kappa shape index (κ1) is 22.4. The van der Waals surface area contributed by atoms with Crippen molar-refractivity contribution in [3.05, 3.63) is 46.9 Å². The SMILES string of the molecule is CCOc1ccc(-n2c(SCCCC(=O)N(C)CCC#N)nc3cc[nH]c3c2=O)cc1. The lowest BCUT2D eigenvalue weighted by Gasteiger charge is -2.15. The summed E-state index contributed by atoms with van der Waals surface area (Å²) in [6, 6.07) is 11.1. The number of hydrogen-bond acceptors (Lipinski definition) is 6. The summed E-state index contributed by atoms with van der Waals surface area (Å²) >= 11 is 1.44. The van der Waals surface area contributed by atoms with Gasteiger partial charge in [0.1, 0.15) is 11.3 Å². The Balaban J connectivity index is 1.77. The maximum atomic E-state index is 13.1. The number of hydrogen-bond donors (Lipinski definition) is 1. The number of thioether (sulfide) groups is 1. The van der Waals surface area contributed by atoms with Crippen LogP contribution in [0.2, 0.25) is 0 Å². The number of benzene rings is 1. The van der Waals surface area contributed by atoms with Crippen molar-refractivity contribution in [3.63, 3.8) is 0 Å². The van der Waals surface area contributed by atoms with Crippen molar-refractivity contribution in [2.45, 2.75) is 31.3 Å². The second-order valence-electron chi connectivity index (χ2n) is 6.88. The largest absolute Gasteiger partial charge is 0.494 e. The molecular weight excluding hydrogens is 414 g/mol. The number of carbonyl (C=O) groups is 1. The topological polar surface area (TPSA) is 104 Å². The summed E-state index contributed by atoms with van der Waals surface area (Å²) in [4.78, 5) is 34.5. The predicted molar refractivity (Wildman–Crippen MR) is 121 cm³/mol. The third-order valence-electron chi connectivity index (χ3n) is 4.71. The lowest BCUT2D eigenvalue weighted by Crippen LogP contribution is -2.27. The number of amides is 1. The highest BCUT2D eigenvalue weighted by molar-refractivity contribution is 7.99. The molecule has 0 atom stereocenters. The van der Waals surface area contributed by atoms with Crippen molar-refractivity contribution in [2.24, 2.45) is 0 Å². The summed E-state index contributed by atoms with van der Waals surface area (Å²) in [5.74, 6) is 1.38. The van der Waals surface area contributed by atoms with E-state index in [0.717, 1.165) is 5.75 Å². The number of nitrogens with one attached hydrogen (secondary N) is 1. The van der Waals surface area contributed by atoms with Crippen molar-refractivity contribution in [3.8, 4) is 17.5 Å². The van der Waals surface area contributed by atoms with E-state index in [9.17, 15) is 9.59 Å². The third-order valence-corrected chi connectivity index (χ3v) is 5.73. The van der Waals surface area contributed by atoms with Gasteiger partial charge < -0.3 is 14.6 Å². The van der Waals surface area contributed by atoms with E-state index in [1.807, 2.05) is 37.3 Å². The molecule has 0 bridgehead atoms. The quantitative estimate of drug-likeness (QED) is 0.295. The molecule has 2 heterocycles. The molecule has 9 heteroatoms. The Morgan fingerprint density at radius 2 is 2.10 bits per heavy atom. The van der Waals surface area contributed by atoms with Crippen molar-refractivity contribution >= 4 is 28.7 Å². The van der Waals surface area contributed by atoms with Crippen LogP contribution in [0.4, 0.5) is 0 Å². The summed E-state index contributed by atoms with van der Waals surface area (Å²) in [6.45, 7) is 2.93. The Kier molecular flexibility index (Phi) is 7.73. The van der Waals surface area contributed by atoms with E-state index in [4.69, 9.17) is 10.00 Å². The third kappa shape index (κ3) is 5.47. The molecular formula is C22H25N5O3S. The highest BCUT2D eigenvalue weighted by Crippen LogP contribution is 2.23. The van der Waals surface area contributed by atoms with Crippen LogP contribution in [-0.4, -0.2) is 51.3 Å². The summed E-state index contributed by atoms with van der Waals surface area (Å²) in [5.41, 5.74) is 1.59. The van der Waals surface area contributed by atoms with E-state index in [2.05, 4.69) is 9.97 Å². The zero-order valence-corrected chi connectivity index (χ0v) is 18.4. The molecule has 8 nitrogen and oxygen atoms in total. The zero-order valence-electron chi connectivity index (χ0n) is 17.6. The minimum Gasteiger partial charge on any atom is -0.494 e. The van der Waals surface area contributed by atoms with Gasteiger partial charge in [-0.15, -0.1) is 0 Å². The molecule has 0 fully saturated rings. The minimum absolute atomic E-state index is 0.00815. The number of fused-ring (bicyclic) bond motifs is 1. The molecule has 3 aromatic rings. The molecule has 2 aromatic heterocycles. The lowest BCUT2D eigenvalue weighted by molar-refractivity contribution is -0.129. The molecule has 1 amide bonds. The van der Waals surface area contributed by atoms with Gasteiger partial charge in [0.05, 0.1) is 30.3 Å². The maximum Gasteiger partial charge on any atom is 0.283 e. The molecule has 31 heavy (non-hydrogen) atoms. The molecule has 0 radical (unpaired) electrons. The van der Waals surface area contributed by atoms with Crippen LogP contribution in [0.3, 0.4) is 0 Å².